The van der Waals surface area contributed by atoms with E-state index in [9.17, 15) is 18.0 Å². The number of sulfonamides is 1. The van der Waals surface area contributed by atoms with E-state index in [1.54, 1.807) is 19.2 Å². The summed E-state index contributed by atoms with van der Waals surface area (Å²) in [6, 6.07) is 7.63. The number of unbranched alkanes of at least 4 members (excludes halogenated alkanes) is 1. The normalized spacial score (nSPS) is 11.6. The molecule has 0 radical (unpaired) electrons. The second-order valence-corrected chi connectivity index (χ2v) is 7.72. The lowest BCUT2D eigenvalue weighted by Gasteiger charge is -2.17. The fraction of sp³-hybridized carbons (Fsp3) is 0.375. The Labute approximate surface area is 146 Å². The first kappa shape index (κ1) is 18.9. The Bertz CT molecular complexity index is 888. The molecule has 2 rings (SSSR count). The highest BCUT2D eigenvalue weighted by Gasteiger charge is 2.19. The predicted octanol–water partition coefficient (Wildman–Crippen LogP) is 1.10. The molecule has 0 amide bonds. The molecular formula is C16H22N4O4S. The van der Waals surface area contributed by atoms with Gasteiger partial charge in [0.15, 0.2) is 0 Å². The van der Waals surface area contributed by atoms with Crippen LogP contribution in [-0.2, 0) is 16.6 Å². The molecule has 0 aliphatic rings. The van der Waals surface area contributed by atoms with Gasteiger partial charge in [0.2, 0.25) is 10.0 Å². The van der Waals surface area contributed by atoms with Crippen molar-refractivity contribution in [2.24, 2.45) is 0 Å². The summed E-state index contributed by atoms with van der Waals surface area (Å²) in [7, 11) is -1.92. The second kappa shape index (κ2) is 8.13. The van der Waals surface area contributed by atoms with Gasteiger partial charge in [0, 0.05) is 31.0 Å². The third kappa shape index (κ3) is 5.04. The van der Waals surface area contributed by atoms with Crippen LogP contribution in [0.5, 0.6) is 0 Å². The van der Waals surface area contributed by atoms with Gasteiger partial charge in [-0.05, 0) is 30.7 Å². The van der Waals surface area contributed by atoms with E-state index in [1.165, 1.54) is 22.5 Å². The zero-order valence-corrected chi connectivity index (χ0v) is 15.0. The van der Waals surface area contributed by atoms with Crippen LogP contribution in [0.3, 0.4) is 0 Å². The molecule has 1 heterocycles. The lowest BCUT2D eigenvalue weighted by molar-refractivity contribution is 0.459. The number of nitrogens with one attached hydrogen (secondary N) is 3. The summed E-state index contributed by atoms with van der Waals surface area (Å²) >= 11 is 0. The van der Waals surface area contributed by atoms with Crippen LogP contribution in [0.15, 0.2) is 44.8 Å². The topological polar surface area (TPSA) is 115 Å². The van der Waals surface area contributed by atoms with Gasteiger partial charge in [-0.1, -0.05) is 13.3 Å². The fourth-order valence-corrected chi connectivity index (χ4v) is 3.45. The maximum atomic E-state index is 12.4. The lowest BCUT2D eigenvalue weighted by atomic mass is 10.3. The molecule has 9 heteroatoms. The Hall–Kier alpha value is -2.39. The molecule has 0 spiro atoms. The van der Waals surface area contributed by atoms with Crippen molar-refractivity contribution < 1.29 is 8.42 Å². The molecule has 3 N–H and O–H groups in total. The SMILES string of the molecule is CCCCN(C)S(=O)(=O)c1ccc(NCc2cc(=O)[nH]c(=O)[nH]2)cc1. The van der Waals surface area contributed by atoms with Crippen molar-refractivity contribution in [2.45, 2.75) is 31.2 Å². The van der Waals surface area contributed by atoms with Crippen LogP contribution >= 0.6 is 0 Å². The first-order valence-electron chi connectivity index (χ1n) is 7.95. The van der Waals surface area contributed by atoms with Crippen LogP contribution in [0.1, 0.15) is 25.5 Å². The number of aromatic amines is 2. The van der Waals surface area contributed by atoms with Gasteiger partial charge in [0.05, 0.1) is 11.4 Å². The lowest BCUT2D eigenvalue weighted by Crippen LogP contribution is -2.27. The summed E-state index contributed by atoms with van der Waals surface area (Å²) in [5, 5.41) is 3.03. The third-order valence-corrected chi connectivity index (χ3v) is 5.56. The fourth-order valence-electron chi connectivity index (χ4n) is 2.24. The van der Waals surface area contributed by atoms with Crippen molar-refractivity contribution in [3.05, 3.63) is 56.9 Å². The maximum absolute atomic E-state index is 12.4. The largest absolute Gasteiger partial charge is 0.379 e. The van der Waals surface area contributed by atoms with Crippen LogP contribution in [0.25, 0.3) is 0 Å². The van der Waals surface area contributed by atoms with E-state index in [0.717, 1.165) is 12.8 Å². The highest BCUT2D eigenvalue weighted by Crippen LogP contribution is 2.18. The summed E-state index contributed by atoms with van der Waals surface area (Å²) < 4.78 is 26.2. The number of nitrogens with zero attached hydrogens (tertiary/aromatic N) is 1. The number of hydrogen-bond acceptors (Lipinski definition) is 5. The number of H-pyrrole nitrogens is 2. The highest BCUT2D eigenvalue weighted by molar-refractivity contribution is 7.89. The van der Waals surface area contributed by atoms with Crippen molar-refractivity contribution in [3.8, 4) is 0 Å². The molecule has 0 saturated heterocycles. The zero-order valence-electron chi connectivity index (χ0n) is 14.2. The molecule has 8 nitrogen and oxygen atoms in total. The molecular weight excluding hydrogens is 344 g/mol. The Morgan fingerprint density at radius 3 is 2.40 bits per heavy atom. The summed E-state index contributed by atoms with van der Waals surface area (Å²) in [4.78, 5) is 27.3. The van der Waals surface area contributed by atoms with Crippen LogP contribution < -0.4 is 16.6 Å². The smallest absolute Gasteiger partial charge is 0.325 e. The van der Waals surface area contributed by atoms with E-state index in [-0.39, 0.29) is 11.4 Å². The van der Waals surface area contributed by atoms with Gasteiger partial charge < -0.3 is 10.3 Å². The number of rotatable bonds is 8. The quantitative estimate of drug-likeness (QED) is 0.647. The van der Waals surface area contributed by atoms with Crippen LogP contribution in [0, 0.1) is 0 Å². The minimum Gasteiger partial charge on any atom is -0.379 e. The van der Waals surface area contributed by atoms with E-state index in [2.05, 4.69) is 15.3 Å². The summed E-state index contributed by atoms with van der Waals surface area (Å²) in [5.74, 6) is 0. The minimum atomic E-state index is -3.49. The monoisotopic (exact) mass is 366 g/mol. The molecule has 0 saturated carbocycles. The maximum Gasteiger partial charge on any atom is 0.325 e. The molecule has 0 bridgehead atoms. The molecule has 25 heavy (non-hydrogen) atoms. The van der Waals surface area contributed by atoms with E-state index in [1.807, 2.05) is 6.92 Å². The van der Waals surface area contributed by atoms with Gasteiger partial charge in [-0.3, -0.25) is 9.78 Å². The van der Waals surface area contributed by atoms with Gasteiger partial charge >= 0.3 is 5.69 Å². The van der Waals surface area contributed by atoms with Gasteiger partial charge in [0.25, 0.3) is 5.56 Å². The number of hydrogen-bond donors (Lipinski definition) is 3. The molecule has 2 aromatic rings. The Balaban J connectivity index is 2.06. The van der Waals surface area contributed by atoms with Crippen LogP contribution in [-0.4, -0.2) is 36.3 Å². The summed E-state index contributed by atoms with van der Waals surface area (Å²) in [6.07, 6.45) is 1.73. The predicted molar refractivity (Wildman–Crippen MR) is 96.2 cm³/mol. The van der Waals surface area contributed by atoms with Gasteiger partial charge in [-0.15, -0.1) is 0 Å². The number of aromatic nitrogens is 2. The van der Waals surface area contributed by atoms with Crippen molar-refractivity contribution in [2.75, 3.05) is 18.9 Å². The molecule has 0 aliphatic carbocycles. The van der Waals surface area contributed by atoms with Gasteiger partial charge in [0.1, 0.15) is 0 Å². The summed E-state index contributed by atoms with van der Waals surface area (Å²) in [6.45, 7) is 2.73. The zero-order chi connectivity index (χ0) is 18.4. The molecule has 1 aromatic heterocycles. The van der Waals surface area contributed by atoms with Crippen LogP contribution in [0.2, 0.25) is 0 Å². The molecule has 0 fully saturated rings. The second-order valence-electron chi connectivity index (χ2n) is 5.67. The molecule has 0 unspecified atom stereocenters. The van der Waals surface area contributed by atoms with Crippen molar-refractivity contribution in [1.82, 2.24) is 14.3 Å². The van der Waals surface area contributed by atoms with E-state index < -0.39 is 21.3 Å². The molecule has 0 aliphatic heterocycles. The molecule has 136 valence electrons. The average Bonchev–Trinajstić information content (AvgIpc) is 2.57. The number of anilines is 1. The molecule has 0 atom stereocenters. The summed E-state index contributed by atoms with van der Waals surface area (Å²) in [5.41, 5.74) is 0.0685. The van der Waals surface area contributed by atoms with E-state index in [0.29, 0.717) is 17.9 Å². The van der Waals surface area contributed by atoms with Crippen molar-refractivity contribution >= 4 is 15.7 Å². The average molecular weight is 366 g/mol. The Morgan fingerprint density at radius 2 is 1.80 bits per heavy atom. The van der Waals surface area contributed by atoms with Crippen molar-refractivity contribution in [3.63, 3.8) is 0 Å². The van der Waals surface area contributed by atoms with E-state index in [4.69, 9.17) is 0 Å². The van der Waals surface area contributed by atoms with Crippen LogP contribution in [0.4, 0.5) is 5.69 Å². The minimum absolute atomic E-state index is 0.223. The Morgan fingerprint density at radius 1 is 1.12 bits per heavy atom. The highest BCUT2D eigenvalue weighted by atomic mass is 32.2. The van der Waals surface area contributed by atoms with Gasteiger partial charge in [-0.2, -0.15) is 0 Å². The molecule has 1 aromatic carbocycles. The first-order valence-corrected chi connectivity index (χ1v) is 9.39. The first-order chi connectivity index (χ1) is 11.8. The van der Waals surface area contributed by atoms with Gasteiger partial charge in [-0.25, -0.2) is 17.5 Å². The Kier molecular flexibility index (Phi) is 6.16. The number of benzene rings is 1. The standard InChI is InChI=1S/C16H22N4O4S/c1-3-4-9-20(2)25(23,24)14-7-5-12(6-8-14)17-11-13-10-15(21)19-16(22)18-13/h5-8,10,17H,3-4,9,11H2,1-2H3,(H2,18,19,21,22). The van der Waals surface area contributed by atoms with E-state index >= 15 is 0 Å². The third-order valence-electron chi connectivity index (χ3n) is 3.69. The van der Waals surface area contributed by atoms with Crippen molar-refractivity contribution in [1.29, 1.82) is 0 Å².